The summed E-state index contributed by atoms with van der Waals surface area (Å²) in [7, 11) is 0. The molecule has 3 heterocycles. The molecule has 0 radical (unpaired) electrons. The molecule has 1 atom stereocenters. The first kappa shape index (κ1) is 14.2. The highest BCUT2D eigenvalue weighted by atomic mass is 16.5. The smallest absolute Gasteiger partial charge is 0.230 e. The van der Waals surface area contributed by atoms with Gasteiger partial charge in [0.1, 0.15) is 0 Å². The predicted octanol–water partition coefficient (Wildman–Crippen LogP) is 1.95. The van der Waals surface area contributed by atoms with Gasteiger partial charge in [-0.15, -0.1) is 10.2 Å². The van der Waals surface area contributed by atoms with Crippen molar-refractivity contribution in [3.05, 3.63) is 41.9 Å². The zero-order valence-corrected chi connectivity index (χ0v) is 12.2. The minimum absolute atomic E-state index is 0.297. The van der Waals surface area contributed by atoms with Crippen LogP contribution >= 0.6 is 0 Å². The topological polar surface area (TPSA) is 64.3 Å². The van der Waals surface area contributed by atoms with Gasteiger partial charge in [-0.1, -0.05) is 6.07 Å². The van der Waals surface area contributed by atoms with Crippen LogP contribution in [-0.2, 0) is 17.8 Å². The van der Waals surface area contributed by atoms with E-state index in [1.54, 1.807) is 6.20 Å². The summed E-state index contributed by atoms with van der Waals surface area (Å²) in [5, 5.41) is 7.98. The number of hydrogen-bond acceptors (Lipinski definition) is 6. The summed E-state index contributed by atoms with van der Waals surface area (Å²) in [5.74, 6) is 1.25. The van der Waals surface area contributed by atoms with Gasteiger partial charge in [0.15, 0.2) is 0 Å². The zero-order valence-electron chi connectivity index (χ0n) is 12.2. The molecule has 6 heteroatoms. The summed E-state index contributed by atoms with van der Waals surface area (Å²) < 4.78 is 11.2. The largest absolute Gasteiger partial charge is 0.424 e. The summed E-state index contributed by atoms with van der Waals surface area (Å²) in [5.41, 5.74) is 1.17. The third-order valence-corrected chi connectivity index (χ3v) is 3.54. The summed E-state index contributed by atoms with van der Waals surface area (Å²) >= 11 is 0. The van der Waals surface area contributed by atoms with Gasteiger partial charge in [0.25, 0.3) is 0 Å². The van der Waals surface area contributed by atoms with Crippen LogP contribution in [0.3, 0.4) is 0 Å². The van der Waals surface area contributed by atoms with E-state index < -0.39 is 0 Å². The fourth-order valence-corrected chi connectivity index (χ4v) is 2.60. The highest BCUT2D eigenvalue weighted by molar-refractivity contribution is 5.08. The molecule has 0 aliphatic carbocycles. The maximum atomic E-state index is 5.74. The molecule has 1 fully saturated rings. The number of aryl methyl sites for hydroxylation is 1. The molecule has 2 aromatic rings. The molecule has 0 spiro atoms. The lowest BCUT2D eigenvalue weighted by Gasteiger charge is -2.23. The molecule has 0 saturated carbocycles. The average molecular weight is 288 g/mol. The highest BCUT2D eigenvalue weighted by Crippen LogP contribution is 2.16. The monoisotopic (exact) mass is 288 g/mol. The van der Waals surface area contributed by atoms with Crippen LogP contribution in [0.25, 0.3) is 0 Å². The fourth-order valence-electron chi connectivity index (χ4n) is 2.60. The standard InChI is InChI=1S/C15H20N4O2/c1-12-17-18-15(21-12)11-19(10-14-5-3-7-20-14)9-13-4-2-6-16-8-13/h2,4,6,8,14H,3,5,7,9-11H2,1H3. The first-order valence-electron chi connectivity index (χ1n) is 7.31. The van der Waals surface area contributed by atoms with E-state index in [1.165, 1.54) is 5.56 Å². The Kier molecular flexibility index (Phi) is 4.57. The molecule has 1 saturated heterocycles. The SMILES string of the molecule is Cc1nnc(CN(Cc2cccnc2)CC2CCCO2)o1. The van der Waals surface area contributed by atoms with E-state index in [9.17, 15) is 0 Å². The molecule has 6 nitrogen and oxygen atoms in total. The van der Waals surface area contributed by atoms with E-state index in [0.29, 0.717) is 24.4 Å². The van der Waals surface area contributed by atoms with Crippen LogP contribution in [-0.4, -0.2) is 39.3 Å². The second-order valence-electron chi connectivity index (χ2n) is 5.38. The van der Waals surface area contributed by atoms with E-state index in [4.69, 9.17) is 9.15 Å². The summed E-state index contributed by atoms with van der Waals surface area (Å²) in [6.07, 6.45) is 6.24. The molecule has 1 aliphatic heterocycles. The first-order chi connectivity index (χ1) is 10.3. The van der Waals surface area contributed by atoms with Crippen LogP contribution in [0, 0.1) is 6.92 Å². The minimum atomic E-state index is 0.297. The molecule has 3 rings (SSSR count). The van der Waals surface area contributed by atoms with Crippen molar-refractivity contribution in [3.63, 3.8) is 0 Å². The van der Waals surface area contributed by atoms with E-state index >= 15 is 0 Å². The van der Waals surface area contributed by atoms with Gasteiger partial charge in [0.2, 0.25) is 11.8 Å². The Labute approximate surface area is 124 Å². The number of ether oxygens (including phenoxy) is 1. The maximum Gasteiger partial charge on any atom is 0.230 e. The molecule has 112 valence electrons. The zero-order chi connectivity index (χ0) is 14.5. The van der Waals surface area contributed by atoms with Crippen LogP contribution in [0.4, 0.5) is 0 Å². The Hall–Kier alpha value is -1.79. The second-order valence-corrected chi connectivity index (χ2v) is 5.38. The van der Waals surface area contributed by atoms with Crippen LogP contribution in [0.2, 0.25) is 0 Å². The maximum absolute atomic E-state index is 5.74. The molecule has 21 heavy (non-hydrogen) atoms. The number of pyridine rings is 1. The van der Waals surface area contributed by atoms with Gasteiger partial charge < -0.3 is 9.15 Å². The molecule has 0 aromatic carbocycles. The lowest BCUT2D eigenvalue weighted by Crippen LogP contribution is -2.31. The van der Waals surface area contributed by atoms with E-state index in [2.05, 4.69) is 26.1 Å². The predicted molar refractivity (Wildman–Crippen MR) is 76.4 cm³/mol. The van der Waals surface area contributed by atoms with Gasteiger partial charge in [0, 0.05) is 39.0 Å². The van der Waals surface area contributed by atoms with E-state index in [1.807, 2.05) is 19.2 Å². The van der Waals surface area contributed by atoms with Gasteiger partial charge in [-0.05, 0) is 24.5 Å². The molecule has 2 aromatic heterocycles. The summed E-state index contributed by atoms with van der Waals surface area (Å²) in [4.78, 5) is 6.45. The van der Waals surface area contributed by atoms with Gasteiger partial charge in [-0.25, -0.2) is 0 Å². The van der Waals surface area contributed by atoms with Gasteiger partial charge in [-0.2, -0.15) is 0 Å². The number of aromatic nitrogens is 3. The van der Waals surface area contributed by atoms with Crippen molar-refractivity contribution in [1.82, 2.24) is 20.1 Å². The number of hydrogen-bond donors (Lipinski definition) is 0. The second kappa shape index (κ2) is 6.78. The Morgan fingerprint density at radius 3 is 2.95 bits per heavy atom. The van der Waals surface area contributed by atoms with E-state index in [0.717, 1.165) is 32.5 Å². The van der Waals surface area contributed by atoms with E-state index in [-0.39, 0.29) is 0 Å². The molecular formula is C15H20N4O2. The normalized spacial score (nSPS) is 18.5. The van der Waals surface area contributed by atoms with Crippen molar-refractivity contribution in [2.75, 3.05) is 13.2 Å². The van der Waals surface area contributed by atoms with Crippen LogP contribution < -0.4 is 0 Å². The molecule has 0 amide bonds. The molecule has 0 N–H and O–H groups in total. The van der Waals surface area contributed by atoms with Crippen LogP contribution in [0.15, 0.2) is 28.9 Å². The van der Waals surface area contributed by atoms with Crippen LogP contribution in [0.1, 0.15) is 30.2 Å². The van der Waals surface area contributed by atoms with Gasteiger partial charge in [0.05, 0.1) is 12.6 Å². The lowest BCUT2D eigenvalue weighted by atomic mass is 10.2. The third-order valence-electron chi connectivity index (χ3n) is 3.54. The Bertz CT molecular complexity index is 552. The first-order valence-corrected chi connectivity index (χ1v) is 7.31. The molecule has 0 bridgehead atoms. The van der Waals surface area contributed by atoms with Crippen molar-refractivity contribution < 1.29 is 9.15 Å². The number of nitrogens with zero attached hydrogens (tertiary/aromatic N) is 4. The fraction of sp³-hybridized carbons (Fsp3) is 0.533. The van der Waals surface area contributed by atoms with Crippen molar-refractivity contribution in [2.45, 2.75) is 39.0 Å². The van der Waals surface area contributed by atoms with Gasteiger partial charge >= 0.3 is 0 Å². The Morgan fingerprint density at radius 1 is 1.33 bits per heavy atom. The third kappa shape index (κ3) is 4.09. The van der Waals surface area contributed by atoms with Crippen molar-refractivity contribution in [2.24, 2.45) is 0 Å². The minimum Gasteiger partial charge on any atom is -0.424 e. The summed E-state index contributed by atoms with van der Waals surface area (Å²) in [6, 6.07) is 4.03. The quantitative estimate of drug-likeness (QED) is 0.809. The molecular weight excluding hydrogens is 268 g/mol. The van der Waals surface area contributed by atoms with Crippen LogP contribution in [0.5, 0.6) is 0 Å². The Balaban J connectivity index is 1.67. The highest BCUT2D eigenvalue weighted by Gasteiger charge is 2.21. The van der Waals surface area contributed by atoms with Crippen molar-refractivity contribution in [1.29, 1.82) is 0 Å². The molecule has 1 unspecified atom stereocenters. The molecule has 1 aliphatic rings. The number of rotatable bonds is 6. The van der Waals surface area contributed by atoms with Crippen molar-refractivity contribution in [3.8, 4) is 0 Å². The summed E-state index contributed by atoms with van der Waals surface area (Å²) in [6.45, 7) is 4.98. The Morgan fingerprint density at radius 2 is 2.29 bits per heavy atom. The van der Waals surface area contributed by atoms with Crippen molar-refractivity contribution >= 4 is 0 Å². The van der Waals surface area contributed by atoms with Gasteiger partial charge in [-0.3, -0.25) is 9.88 Å². The lowest BCUT2D eigenvalue weighted by molar-refractivity contribution is 0.0647. The average Bonchev–Trinajstić information content (AvgIpc) is 3.12.